The molecule has 51 heavy (non-hydrogen) atoms. The number of hydrogen-bond donors (Lipinski definition) is 1. The molecule has 1 aliphatic rings. The van der Waals surface area contributed by atoms with E-state index in [-0.39, 0.29) is 47.9 Å². The fraction of sp³-hybridized carbons (Fsp3) is 0.413. The number of hydrogen-bond acceptors (Lipinski definition) is 4. The Morgan fingerprint density at radius 2 is 1.45 bits per heavy atom. The average Bonchev–Trinajstić information content (AvgIpc) is 3.37. The van der Waals surface area contributed by atoms with E-state index in [1.807, 2.05) is 41.5 Å². The van der Waals surface area contributed by atoms with Crippen LogP contribution in [0.1, 0.15) is 112 Å². The van der Waals surface area contributed by atoms with Crippen LogP contribution in [0.4, 0.5) is 0 Å². The van der Waals surface area contributed by atoms with Crippen molar-refractivity contribution in [1.29, 1.82) is 0 Å². The molecule has 1 radical (unpaired) electrons. The van der Waals surface area contributed by atoms with E-state index < -0.39 is 0 Å². The first-order chi connectivity index (χ1) is 23.7. The van der Waals surface area contributed by atoms with Crippen LogP contribution in [-0.4, -0.2) is 20.9 Å². The number of ketones is 1. The summed E-state index contributed by atoms with van der Waals surface area (Å²) in [6.07, 6.45) is 7.51. The standard InChI is InChI=1S/C31H27N2.C15H28O2.Ir/c1-19(2)15-22-17-23(16-21-10-6-7-11-24(21)22)29-28-27-25-12-8-5-9-20(25)13-14-26(27)31(3,4)30(28)33-18-32-29;1-7-14(5,8-2)12(16)11-13(17)15(6,9-3)10-4;/h5-14,17-19H,15H2,1-4H3;11,16H,7-10H2,1-6H3;/q-1;;/b;12-11-;. The van der Waals surface area contributed by atoms with Gasteiger partial charge in [0, 0.05) is 48.1 Å². The fourth-order valence-corrected chi connectivity index (χ4v) is 7.21. The molecule has 0 amide bonds. The summed E-state index contributed by atoms with van der Waals surface area (Å²) >= 11 is 0. The van der Waals surface area contributed by atoms with E-state index in [4.69, 9.17) is 9.97 Å². The van der Waals surface area contributed by atoms with Crippen molar-refractivity contribution in [2.75, 3.05) is 0 Å². The molecule has 0 bridgehead atoms. The van der Waals surface area contributed by atoms with E-state index in [0.717, 1.165) is 60.0 Å². The van der Waals surface area contributed by atoms with Crippen molar-refractivity contribution in [1.82, 2.24) is 9.97 Å². The monoisotopic (exact) mass is 860 g/mol. The van der Waals surface area contributed by atoms with Crippen molar-refractivity contribution < 1.29 is 30.0 Å². The summed E-state index contributed by atoms with van der Waals surface area (Å²) in [5.74, 6) is 0.858. The van der Waals surface area contributed by atoms with Crippen LogP contribution in [-0.2, 0) is 36.7 Å². The molecule has 0 saturated heterocycles. The minimum Gasteiger partial charge on any atom is -0.512 e. The minimum absolute atomic E-state index is 0. The van der Waals surface area contributed by atoms with Crippen LogP contribution in [0.3, 0.4) is 0 Å². The van der Waals surface area contributed by atoms with E-state index in [0.29, 0.717) is 5.92 Å². The SMILES string of the molecule is CC(C)Cc1cc(-c2ncnc3c2-c2c(ccc4ccccc24)C3(C)C)[c-]c2ccccc12.CCC(C)(CC)C(=O)/C=C(\O)C(C)(CC)CC.[Ir]. The van der Waals surface area contributed by atoms with Gasteiger partial charge in [-0.2, -0.15) is 0 Å². The Balaban J connectivity index is 0.000000279. The maximum atomic E-state index is 12.2. The number of aromatic nitrogens is 2. The Kier molecular flexibility index (Phi) is 12.5. The predicted octanol–water partition coefficient (Wildman–Crippen LogP) is 12.4. The first-order valence-electron chi connectivity index (χ1n) is 18.5. The summed E-state index contributed by atoms with van der Waals surface area (Å²) in [6, 6.07) is 27.8. The topological polar surface area (TPSA) is 63.1 Å². The molecule has 0 aliphatic heterocycles. The molecule has 5 aromatic rings. The zero-order valence-corrected chi connectivity index (χ0v) is 34.6. The largest absolute Gasteiger partial charge is 0.512 e. The van der Waals surface area contributed by atoms with Crippen molar-refractivity contribution >= 4 is 27.3 Å². The molecular weight excluding hydrogens is 805 g/mol. The second-order valence-electron chi connectivity index (χ2n) is 15.6. The first-order valence-corrected chi connectivity index (χ1v) is 18.5. The third kappa shape index (κ3) is 7.62. The molecule has 1 aliphatic carbocycles. The molecule has 0 fully saturated rings. The molecule has 4 nitrogen and oxygen atoms in total. The van der Waals surface area contributed by atoms with Crippen LogP contribution in [0.5, 0.6) is 0 Å². The van der Waals surface area contributed by atoms with Gasteiger partial charge in [-0.1, -0.05) is 135 Å². The van der Waals surface area contributed by atoms with Gasteiger partial charge in [0.25, 0.3) is 0 Å². The van der Waals surface area contributed by atoms with E-state index in [1.165, 1.54) is 38.9 Å². The van der Waals surface area contributed by atoms with Gasteiger partial charge in [-0.3, -0.25) is 9.78 Å². The average molecular weight is 860 g/mol. The van der Waals surface area contributed by atoms with E-state index >= 15 is 0 Å². The van der Waals surface area contributed by atoms with Gasteiger partial charge >= 0.3 is 0 Å². The van der Waals surface area contributed by atoms with Gasteiger partial charge in [0.15, 0.2) is 5.78 Å². The number of rotatable bonds is 10. The second-order valence-corrected chi connectivity index (χ2v) is 15.6. The zero-order valence-electron chi connectivity index (χ0n) is 32.2. The predicted molar refractivity (Wildman–Crippen MR) is 211 cm³/mol. The molecule has 271 valence electrons. The molecule has 6 rings (SSSR count). The van der Waals surface area contributed by atoms with E-state index in [2.05, 4.69) is 100 Å². The van der Waals surface area contributed by atoms with Crippen molar-refractivity contribution in [3.8, 4) is 22.4 Å². The van der Waals surface area contributed by atoms with Crippen LogP contribution in [0, 0.1) is 22.8 Å². The molecule has 0 spiro atoms. The van der Waals surface area contributed by atoms with Crippen molar-refractivity contribution in [2.45, 2.75) is 107 Å². The van der Waals surface area contributed by atoms with Crippen LogP contribution >= 0.6 is 0 Å². The van der Waals surface area contributed by atoms with Crippen LogP contribution in [0.15, 0.2) is 84.9 Å². The number of aliphatic hydroxyl groups is 1. The molecule has 5 heteroatoms. The van der Waals surface area contributed by atoms with Gasteiger partial charge in [-0.05, 0) is 65.5 Å². The number of fused-ring (bicyclic) bond motifs is 6. The van der Waals surface area contributed by atoms with Crippen molar-refractivity contribution in [3.63, 3.8) is 0 Å². The Hall–Kier alpha value is -3.66. The molecule has 0 saturated carbocycles. The fourth-order valence-electron chi connectivity index (χ4n) is 7.21. The van der Waals surface area contributed by atoms with Gasteiger partial charge in [0.1, 0.15) is 12.1 Å². The Morgan fingerprint density at radius 3 is 2.08 bits per heavy atom. The molecule has 0 unspecified atom stereocenters. The summed E-state index contributed by atoms with van der Waals surface area (Å²) in [5.41, 5.74) is 7.48. The summed E-state index contributed by atoms with van der Waals surface area (Å²) in [6.45, 7) is 21.2. The third-order valence-corrected chi connectivity index (χ3v) is 11.6. The Bertz CT molecular complexity index is 2050. The molecular formula is C46H55IrN2O2-. The maximum Gasteiger partial charge on any atom is 0.164 e. The van der Waals surface area contributed by atoms with Gasteiger partial charge in [-0.15, -0.1) is 29.1 Å². The Labute approximate surface area is 319 Å². The van der Waals surface area contributed by atoms with Gasteiger partial charge in [0.2, 0.25) is 0 Å². The molecule has 1 aromatic heterocycles. The van der Waals surface area contributed by atoms with Crippen molar-refractivity contribution in [3.05, 3.63) is 108 Å². The number of allylic oxidation sites excluding steroid dienone is 2. The summed E-state index contributed by atoms with van der Waals surface area (Å²) < 4.78 is 0. The molecule has 1 heterocycles. The van der Waals surface area contributed by atoms with Crippen molar-refractivity contribution in [2.24, 2.45) is 16.7 Å². The van der Waals surface area contributed by atoms with Crippen LogP contribution in [0.2, 0.25) is 0 Å². The minimum atomic E-state index is -0.337. The summed E-state index contributed by atoms with van der Waals surface area (Å²) in [7, 11) is 0. The van der Waals surface area contributed by atoms with Gasteiger partial charge in [0.05, 0.1) is 5.69 Å². The molecule has 0 atom stereocenters. The van der Waals surface area contributed by atoms with E-state index in [9.17, 15) is 9.90 Å². The van der Waals surface area contributed by atoms with Gasteiger partial charge in [-0.25, -0.2) is 4.98 Å². The second kappa shape index (κ2) is 15.9. The van der Waals surface area contributed by atoms with E-state index in [1.54, 1.807) is 6.33 Å². The van der Waals surface area contributed by atoms with Crippen LogP contribution in [0.25, 0.3) is 43.9 Å². The van der Waals surface area contributed by atoms with Crippen LogP contribution < -0.4 is 0 Å². The number of carbonyl (C=O) groups is 1. The molecule has 1 N–H and O–H groups in total. The Morgan fingerprint density at radius 1 is 0.843 bits per heavy atom. The smallest absolute Gasteiger partial charge is 0.164 e. The summed E-state index contributed by atoms with van der Waals surface area (Å²) in [5, 5.41) is 15.1. The third-order valence-electron chi connectivity index (χ3n) is 11.6. The quantitative estimate of drug-likeness (QED) is 0.0863. The number of nitrogens with zero attached hydrogens (tertiary/aromatic N) is 2. The first kappa shape index (κ1) is 40.1. The van der Waals surface area contributed by atoms with Gasteiger partial charge < -0.3 is 5.11 Å². The number of aliphatic hydroxyl groups excluding tert-OH is 1. The summed E-state index contributed by atoms with van der Waals surface area (Å²) in [4.78, 5) is 21.9. The number of benzene rings is 4. The zero-order chi connectivity index (χ0) is 36.4. The number of carbonyl (C=O) groups excluding carboxylic acids is 1. The normalized spacial score (nSPS) is 13.7. The maximum absolute atomic E-state index is 12.2. The molecule has 4 aromatic carbocycles.